The number of aliphatic hydroxyl groups is 1. The lowest BCUT2D eigenvalue weighted by Crippen LogP contribution is -2.57. The molecule has 2 heterocycles. The molecule has 2 rings (SSSR count). The summed E-state index contributed by atoms with van der Waals surface area (Å²) in [7, 11) is 0. The number of nitrogens with one attached hydrogen (secondary N) is 2. The van der Waals surface area contributed by atoms with E-state index in [0.29, 0.717) is 13.0 Å². The van der Waals surface area contributed by atoms with Gasteiger partial charge in [-0.05, 0) is 19.4 Å². The number of urea groups is 1. The molecule has 15 heavy (non-hydrogen) atoms. The molecular formula is C9H15N3O3. The summed E-state index contributed by atoms with van der Waals surface area (Å²) in [6.07, 6.45) is 1.55. The Morgan fingerprint density at radius 2 is 2.27 bits per heavy atom. The highest BCUT2D eigenvalue weighted by atomic mass is 16.3. The van der Waals surface area contributed by atoms with Gasteiger partial charge in [-0.15, -0.1) is 0 Å². The van der Waals surface area contributed by atoms with Crippen molar-refractivity contribution in [3.8, 4) is 0 Å². The van der Waals surface area contributed by atoms with Crippen molar-refractivity contribution in [3.05, 3.63) is 0 Å². The molecule has 0 aromatic carbocycles. The van der Waals surface area contributed by atoms with Gasteiger partial charge < -0.3 is 15.7 Å². The molecule has 0 saturated carbocycles. The van der Waals surface area contributed by atoms with Gasteiger partial charge in [0.15, 0.2) is 0 Å². The second kappa shape index (κ2) is 3.79. The summed E-state index contributed by atoms with van der Waals surface area (Å²) in [5.74, 6) is -0.214. The Balaban J connectivity index is 2.15. The zero-order valence-electron chi connectivity index (χ0n) is 8.45. The maximum absolute atomic E-state index is 12.0. The third-order valence-corrected chi connectivity index (χ3v) is 2.95. The predicted molar refractivity (Wildman–Crippen MR) is 52.2 cm³/mol. The minimum absolute atomic E-state index is 0.0758. The number of β-amino-alcohol motifs (C(OH)–C–C–N with tert-alkyl or cyclic N) is 1. The SMILES string of the molecule is O=C1NC2(CCCNC2)C(=O)N1CCO. The van der Waals surface area contributed by atoms with Crippen LogP contribution in [-0.4, -0.2) is 53.7 Å². The number of hydrogen-bond donors (Lipinski definition) is 3. The van der Waals surface area contributed by atoms with Crippen molar-refractivity contribution in [2.75, 3.05) is 26.2 Å². The van der Waals surface area contributed by atoms with Gasteiger partial charge in [0.1, 0.15) is 5.54 Å². The number of carbonyl (C=O) groups is 2. The van der Waals surface area contributed by atoms with Crippen LogP contribution in [0.25, 0.3) is 0 Å². The van der Waals surface area contributed by atoms with E-state index in [-0.39, 0.29) is 19.1 Å². The number of rotatable bonds is 2. The Labute approximate surface area is 87.6 Å². The van der Waals surface area contributed by atoms with E-state index in [1.54, 1.807) is 0 Å². The van der Waals surface area contributed by atoms with Crippen molar-refractivity contribution in [2.24, 2.45) is 0 Å². The van der Waals surface area contributed by atoms with Gasteiger partial charge in [-0.2, -0.15) is 0 Å². The van der Waals surface area contributed by atoms with Crippen molar-refractivity contribution in [2.45, 2.75) is 18.4 Å². The van der Waals surface area contributed by atoms with Crippen LogP contribution in [0, 0.1) is 0 Å². The van der Waals surface area contributed by atoms with E-state index in [1.165, 1.54) is 0 Å². The Bertz CT molecular complexity index is 286. The summed E-state index contributed by atoms with van der Waals surface area (Å²) in [5, 5.41) is 14.6. The molecule has 0 aliphatic carbocycles. The van der Waals surface area contributed by atoms with Crippen LogP contribution < -0.4 is 10.6 Å². The first kappa shape index (κ1) is 10.4. The van der Waals surface area contributed by atoms with Gasteiger partial charge in [-0.25, -0.2) is 4.79 Å². The maximum atomic E-state index is 12.0. The smallest absolute Gasteiger partial charge is 0.325 e. The van der Waals surface area contributed by atoms with Crippen LogP contribution in [-0.2, 0) is 4.79 Å². The van der Waals surface area contributed by atoms with Crippen LogP contribution in [0.5, 0.6) is 0 Å². The second-order valence-corrected chi connectivity index (χ2v) is 3.97. The molecule has 6 heteroatoms. The lowest BCUT2D eigenvalue weighted by Gasteiger charge is -2.31. The molecule has 3 N–H and O–H groups in total. The van der Waals surface area contributed by atoms with Gasteiger partial charge in [0.05, 0.1) is 13.2 Å². The van der Waals surface area contributed by atoms with E-state index in [0.717, 1.165) is 17.9 Å². The Hall–Kier alpha value is -1.14. The molecule has 6 nitrogen and oxygen atoms in total. The third-order valence-electron chi connectivity index (χ3n) is 2.95. The van der Waals surface area contributed by atoms with Crippen molar-refractivity contribution in [1.82, 2.24) is 15.5 Å². The van der Waals surface area contributed by atoms with Crippen molar-refractivity contribution >= 4 is 11.9 Å². The zero-order valence-corrected chi connectivity index (χ0v) is 8.45. The van der Waals surface area contributed by atoms with Crippen LogP contribution in [0.2, 0.25) is 0 Å². The number of piperidine rings is 1. The molecule has 2 saturated heterocycles. The molecule has 84 valence electrons. The summed E-state index contributed by atoms with van der Waals surface area (Å²) < 4.78 is 0. The number of imide groups is 1. The molecule has 3 amide bonds. The first-order chi connectivity index (χ1) is 7.19. The molecule has 0 bridgehead atoms. The highest BCUT2D eigenvalue weighted by Crippen LogP contribution is 2.24. The maximum Gasteiger partial charge on any atom is 0.325 e. The Morgan fingerprint density at radius 1 is 1.47 bits per heavy atom. The number of amides is 3. The summed E-state index contributed by atoms with van der Waals surface area (Å²) >= 11 is 0. The quantitative estimate of drug-likeness (QED) is 0.495. The van der Waals surface area contributed by atoms with Crippen molar-refractivity contribution in [1.29, 1.82) is 0 Å². The van der Waals surface area contributed by atoms with E-state index in [1.807, 2.05) is 0 Å². The molecule has 1 atom stereocenters. The molecule has 0 radical (unpaired) electrons. The monoisotopic (exact) mass is 213 g/mol. The van der Waals surface area contributed by atoms with E-state index >= 15 is 0 Å². The molecular weight excluding hydrogens is 198 g/mol. The predicted octanol–water partition coefficient (Wildman–Crippen LogP) is -1.35. The van der Waals surface area contributed by atoms with E-state index in [4.69, 9.17) is 5.11 Å². The average molecular weight is 213 g/mol. The van der Waals surface area contributed by atoms with E-state index < -0.39 is 11.6 Å². The fourth-order valence-corrected chi connectivity index (χ4v) is 2.17. The molecule has 0 aromatic rings. The molecule has 2 aliphatic heterocycles. The standard InChI is InChI=1S/C9H15N3O3/c13-5-4-12-7(14)9(11-8(12)15)2-1-3-10-6-9/h10,13H,1-6H2,(H,11,15). The van der Waals surface area contributed by atoms with Gasteiger partial charge in [0.25, 0.3) is 5.91 Å². The zero-order chi connectivity index (χ0) is 10.9. The fourth-order valence-electron chi connectivity index (χ4n) is 2.17. The van der Waals surface area contributed by atoms with Crippen LogP contribution >= 0.6 is 0 Å². The first-order valence-corrected chi connectivity index (χ1v) is 5.15. The lowest BCUT2D eigenvalue weighted by atomic mass is 9.90. The molecule has 2 aliphatic rings. The van der Waals surface area contributed by atoms with Gasteiger partial charge >= 0.3 is 6.03 Å². The largest absolute Gasteiger partial charge is 0.395 e. The average Bonchev–Trinajstić information content (AvgIpc) is 2.45. The number of hydrogen-bond acceptors (Lipinski definition) is 4. The lowest BCUT2D eigenvalue weighted by molar-refractivity contribution is -0.132. The van der Waals surface area contributed by atoms with Gasteiger partial charge in [0.2, 0.25) is 0 Å². The Morgan fingerprint density at radius 3 is 2.87 bits per heavy atom. The van der Waals surface area contributed by atoms with Crippen molar-refractivity contribution < 1.29 is 14.7 Å². The van der Waals surface area contributed by atoms with E-state index in [9.17, 15) is 9.59 Å². The number of aliphatic hydroxyl groups excluding tert-OH is 1. The third kappa shape index (κ3) is 1.59. The summed E-state index contributed by atoms with van der Waals surface area (Å²) in [6.45, 7) is 1.25. The molecule has 1 unspecified atom stereocenters. The summed E-state index contributed by atoms with van der Waals surface area (Å²) in [5.41, 5.74) is -0.759. The van der Waals surface area contributed by atoms with E-state index in [2.05, 4.69) is 10.6 Å². The van der Waals surface area contributed by atoms with Crippen LogP contribution in [0.15, 0.2) is 0 Å². The van der Waals surface area contributed by atoms with Crippen LogP contribution in [0.3, 0.4) is 0 Å². The molecule has 1 spiro atoms. The van der Waals surface area contributed by atoms with Crippen LogP contribution in [0.4, 0.5) is 4.79 Å². The minimum atomic E-state index is -0.759. The van der Waals surface area contributed by atoms with Crippen LogP contribution in [0.1, 0.15) is 12.8 Å². The number of nitrogens with zero attached hydrogens (tertiary/aromatic N) is 1. The highest BCUT2D eigenvalue weighted by Gasteiger charge is 2.51. The van der Waals surface area contributed by atoms with Gasteiger partial charge in [-0.3, -0.25) is 9.69 Å². The minimum Gasteiger partial charge on any atom is -0.395 e. The molecule has 0 aromatic heterocycles. The highest BCUT2D eigenvalue weighted by molar-refractivity contribution is 6.07. The Kier molecular flexibility index (Phi) is 2.62. The summed E-state index contributed by atoms with van der Waals surface area (Å²) in [6, 6.07) is -0.391. The van der Waals surface area contributed by atoms with Gasteiger partial charge in [0, 0.05) is 6.54 Å². The second-order valence-electron chi connectivity index (χ2n) is 3.97. The topological polar surface area (TPSA) is 81.7 Å². The normalized spacial score (nSPS) is 31.1. The number of carbonyl (C=O) groups excluding carboxylic acids is 2. The fraction of sp³-hybridized carbons (Fsp3) is 0.778. The van der Waals surface area contributed by atoms with Gasteiger partial charge in [-0.1, -0.05) is 0 Å². The van der Waals surface area contributed by atoms with Crippen molar-refractivity contribution in [3.63, 3.8) is 0 Å². The first-order valence-electron chi connectivity index (χ1n) is 5.15. The summed E-state index contributed by atoms with van der Waals surface area (Å²) in [4.78, 5) is 24.6. The molecule has 2 fully saturated rings.